The molecule has 0 aliphatic rings. The van der Waals surface area contributed by atoms with Crippen LogP contribution in [0.25, 0.3) is 9.40 Å². The maximum Gasteiger partial charge on any atom is 0.0598 e. The quantitative estimate of drug-likeness (QED) is 0.704. The average molecular weight is 232 g/mol. The van der Waals surface area contributed by atoms with Crippen molar-refractivity contribution < 1.29 is 0 Å². The lowest BCUT2D eigenvalue weighted by atomic mass is 10.5. The monoisotopic (exact) mass is 232 g/mol. The summed E-state index contributed by atoms with van der Waals surface area (Å²) in [6.07, 6.45) is 4.28. The highest BCUT2D eigenvalue weighted by molar-refractivity contribution is 7.99. The highest BCUT2D eigenvalue weighted by Crippen LogP contribution is 2.41. The Morgan fingerprint density at radius 3 is 1.67 bits per heavy atom. The van der Waals surface area contributed by atoms with Gasteiger partial charge in [-0.1, -0.05) is 0 Å². The van der Waals surface area contributed by atoms with E-state index in [-0.39, 0.29) is 0 Å². The van der Waals surface area contributed by atoms with Crippen LogP contribution in [0, 0.1) is 0 Å². The molecule has 0 amide bonds. The van der Waals surface area contributed by atoms with E-state index in [2.05, 4.69) is 23.3 Å². The van der Waals surface area contributed by atoms with Crippen molar-refractivity contribution in [2.45, 2.75) is 9.79 Å². The number of thioether (sulfide) groups is 2. The highest BCUT2D eigenvalue weighted by Gasteiger charge is 2.08. The molecule has 2 aromatic rings. The minimum absolute atomic E-state index is 1.43. The third-order valence-electron chi connectivity index (χ3n) is 1.66. The Bertz CT molecular complexity index is 347. The summed E-state index contributed by atoms with van der Waals surface area (Å²) in [5, 5.41) is 4.51. The molecule has 0 bridgehead atoms. The average Bonchev–Trinajstić information content (AvgIpc) is 2.62. The van der Waals surface area contributed by atoms with Crippen LogP contribution in [0.1, 0.15) is 0 Å². The normalized spacial score (nSPS) is 11.2. The van der Waals surface area contributed by atoms with Crippen molar-refractivity contribution in [3.05, 3.63) is 10.8 Å². The predicted molar refractivity (Wildman–Crippen MR) is 63.3 cm³/mol. The first-order chi connectivity index (χ1) is 5.86. The molecule has 12 heavy (non-hydrogen) atoms. The topological polar surface area (TPSA) is 0 Å². The van der Waals surface area contributed by atoms with Gasteiger partial charge < -0.3 is 0 Å². The molecular weight excluding hydrogens is 224 g/mol. The van der Waals surface area contributed by atoms with E-state index in [4.69, 9.17) is 0 Å². The molecule has 0 saturated heterocycles. The van der Waals surface area contributed by atoms with Crippen LogP contribution in [0.5, 0.6) is 0 Å². The Morgan fingerprint density at radius 1 is 0.917 bits per heavy atom. The Balaban J connectivity index is 2.66. The fraction of sp³-hybridized carbons (Fsp3) is 0.250. The van der Waals surface area contributed by atoms with Crippen LogP contribution in [-0.2, 0) is 0 Å². The first-order valence-corrected chi connectivity index (χ1v) is 7.64. The number of fused-ring (bicyclic) bond motifs is 1. The van der Waals surface area contributed by atoms with Gasteiger partial charge in [0.25, 0.3) is 0 Å². The molecule has 2 rings (SSSR count). The van der Waals surface area contributed by atoms with Gasteiger partial charge in [-0.15, -0.1) is 46.2 Å². The van der Waals surface area contributed by atoms with Gasteiger partial charge in [-0.25, -0.2) is 0 Å². The van der Waals surface area contributed by atoms with Crippen LogP contribution in [0.15, 0.2) is 20.6 Å². The van der Waals surface area contributed by atoms with E-state index in [9.17, 15) is 0 Å². The summed E-state index contributed by atoms with van der Waals surface area (Å²) in [5.74, 6) is 0. The van der Waals surface area contributed by atoms with Gasteiger partial charge in [0, 0.05) is 20.6 Å². The predicted octanol–water partition coefficient (Wildman–Crippen LogP) is 4.41. The van der Waals surface area contributed by atoms with Crippen molar-refractivity contribution in [3.63, 3.8) is 0 Å². The molecular formula is C8H8S4. The Hall–Kier alpha value is 0.360. The SMILES string of the molecule is CSc1csc2c(SC)csc12. The van der Waals surface area contributed by atoms with Gasteiger partial charge in [-0.3, -0.25) is 0 Å². The van der Waals surface area contributed by atoms with Crippen molar-refractivity contribution in [3.8, 4) is 0 Å². The summed E-state index contributed by atoms with van der Waals surface area (Å²) in [6.45, 7) is 0. The maximum atomic E-state index is 2.26. The lowest BCUT2D eigenvalue weighted by molar-refractivity contribution is 1.70. The summed E-state index contributed by atoms with van der Waals surface area (Å²) in [7, 11) is 0. The first kappa shape index (κ1) is 8.94. The van der Waals surface area contributed by atoms with Crippen LogP contribution < -0.4 is 0 Å². The smallest absolute Gasteiger partial charge is 0.0598 e. The van der Waals surface area contributed by atoms with Crippen LogP contribution in [0.4, 0.5) is 0 Å². The third-order valence-corrected chi connectivity index (χ3v) is 5.90. The van der Waals surface area contributed by atoms with Crippen molar-refractivity contribution in [2.24, 2.45) is 0 Å². The Morgan fingerprint density at radius 2 is 1.33 bits per heavy atom. The molecule has 64 valence electrons. The summed E-state index contributed by atoms with van der Waals surface area (Å²) >= 11 is 7.41. The molecule has 0 fully saturated rings. The van der Waals surface area contributed by atoms with Gasteiger partial charge in [0.1, 0.15) is 0 Å². The van der Waals surface area contributed by atoms with Crippen molar-refractivity contribution in [2.75, 3.05) is 12.5 Å². The molecule has 0 aromatic carbocycles. The molecule has 0 spiro atoms. The van der Waals surface area contributed by atoms with E-state index >= 15 is 0 Å². The van der Waals surface area contributed by atoms with E-state index < -0.39 is 0 Å². The third kappa shape index (κ3) is 1.31. The molecule has 0 aliphatic heterocycles. The van der Waals surface area contributed by atoms with Crippen LogP contribution in [-0.4, -0.2) is 12.5 Å². The lowest BCUT2D eigenvalue weighted by Gasteiger charge is -1.85. The number of rotatable bonds is 2. The molecule has 2 heterocycles. The second kappa shape index (κ2) is 3.62. The minimum Gasteiger partial charge on any atom is -0.140 e. The van der Waals surface area contributed by atoms with Gasteiger partial charge in [0.05, 0.1) is 9.40 Å². The molecule has 0 radical (unpaired) electrons. The molecule has 2 aromatic heterocycles. The van der Waals surface area contributed by atoms with Gasteiger partial charge >= 0.3 is 0 Å². The zero-order valence-corrected chi connectivity index (χ0v) is 10.1. The van der Waals surface area contributed by atoms with E-state index in [1.807, 2.05) is 46.2 Å². The van der Waals surface area contributed by atoms with E-state index in [0.717, 1.165) is 0 Å². The van der Waals surface area contributed by atoms with E-state index in [1.54, 1.807) is 0 Å². The molecule has 0 nitrogen and oxygen atoms in total. The van der Waals surface area contributed by atoms with E-state index in [0.29, 0.717) is 0 Å². The maximum absolute atomic E-state index is 2.26. The van der Waals surface area contributed by atoms with Crippen molar-refractivity contribution >= 4 is 55.6 Å². The molecule has 0 N–H and O–H groups in total. The standard InChI is InChI=1S/C8H8S4/c1-9-5-3-11-8-6(10-2)4-12-7(5)8/h3-4H,1-2H3. The first-order valence-electron chi connectivity index (χ1n) is 3.43. The molecule has 0 atom stereocenters. The van der Waals surface area contributed by atoms with E-state index in [1.165, 1.54) is 19.2 Å². The number of hydrogen-bond acceptors (Lipinski definition) is 4. The second-order valence-electron chi connectivity index (χ2n) is 2.27. The summed E-state index contributed by atoms with van der Waals surface area (Å²) in [5.41, 5.74) is 0. The second-order valence-corrected chi connectivity index (χ2v) is 5.72. The van der Waals surface area contributed by atoms with Gasteiger partial charge in [-0.05, 0) is 12.5 Å². The summed E-state index contributed by atoms with van der Waals surface area (Å²) < 4.78 is 2.94. The van der Waals surface area contributed by atoms with Crippen molar-refractivity contribution in [1.29, 1.82) is 0 Å². The molecule has 0 saturated carbocycles. The molecule has 0 unspecified atom stereocenters. The van der Waals surface area contributed by atoms with Crippen molar-refractivity contribution in [1.82, 2.24) is 0 Å². The molecule has 0 aliphatic carbocycles. The van der Waals surface area contributed by atoms with Gasteiger partial charge in [-0.2, -0.15) is 0 Å². The van der Waals surface area contributed by atoms with Crippen LogP contribution in [0.2, 0.25) is 0 Å². The number of thiophene rings is 2. The Kier molecular flexibility index (Phi) is 2.69. The fourth-order valence-electron chi connectivity index (χ4n) is 1.06. The van der Waals surface area contributed by atoms with Crippen LogP contribution in [0.3, 0.4) is 0 Å². The lowest BCUT2D eigenvalue weighted by Crippen LogP contribution is -1.56. The summed E-state index contributed by atoms with van der Waals surface area (Å²) in [4.78, 5) is 2.86. The van der Waals surface area contributed by atoms with Crippen LogP contribution >= 0.6 is 46.2 Å². The molecule has 4 heteroatoms. The highest BCUT2D eigenvalue weighted by atomic mass is 32.2. The zero-order chi connectivity index (χ0) is 8.55. The fourth-order valence-corrected chi connectivity index (χ4v) is 5.52. The number of hydrogen-bond donors (Lipinski definition) is 0. The minimum atomic E-state index is 1.43. The van der Waals surface area contributed by atoms with Gasteiger partial charge in [0.15, 0.2) is 0 Å². The summed E-state index contributed by atoms with van der Waals surface area (Å²) in [6, 6.07) is 0. The Labute approximate surface area is 88.4 Å². The van der Waals surface area contributed by atoms with Gasteiger partial charge in [0.2, 0.25) is 0 Å². The zero-order valence-electron chi connectivity index (χ0n) is 6.79. The largest absolute Gasteiger partial charge is 0.140 e.